The highest BCUT2D eigenvalue weighted by Crippen LogP contribution is 2.36. The molecule has 2 heterocycles. The zero-order valence-corrected chi connectivity index (χ0v) is 12.3. The van der Waals surface area contributed by atoms with Crippen LogP contribution in [0.5, 0.6) is 11.5 Å². The van der Waals surface area contributed by atoms with E-state index < -0.39 is 11.9 Å². The van der Waals surface area contributed by atoms with Gasteiger partial charge in [-0.15, -0.1) is 0 Å². The number of benzene rings is 1. The maximum Gasteiger partial charge on any atom is 0.354 e. The van der Waals surface area contributed by atoms with Gasteiger partial charge in [-0.05, 0) is 31.5 Å². The molecule has 2 aliphatic rings. The molecule has 0 bridgehead atoms. The fourth-order valence-electron chi connectivity index (χ4n) is 2.34. The Bertz CT molecular complexity index is 653. The number of ether oxygens (including phenoxy) is 3. The second-order valence-corrected chi connectivity index (χ2v) is 5.36. The fourth-order valence-corrected chi connectivity index (χ4v) is 2.34. The number of hydrazone groups is 1. The standard InChI is InChI=1S/C15H16N2O5/c1-8(2)22-15(19)11-6-10(14(18)17-16-11)9-3-4-12-13(5-9)21-7-20-12/h3-5,8,10H,6-7H2,1-2H3,(H,17,18). The summed E-state index contributed by atoms with van der Waals surface area (Å²) >= 11 is 0. The molecule has 22 heavy (non-hydrogen) atoms. The summed E-state index contributed by atoms with van der Waals surface area (Å²) in [6, 6.07) is 5.29. The summed E-state index contributed by atoms with van der Waals surface area (Å²) in [4.78, 5) is 24.0. The zero-order valence-electron chi connectivity index (χ0n) is 12.3. The van der Waals surface area contributed by atoms with E-state index in [1.54, 1.807) is 32.0 Å². The molecule has 0 saturated carbocycles. The van der Waals surface area contributed by atoms with Crippen LogP contribution in [0.4, 0.5) is 0 Å². The van der Waals surface area contributed by atoms with Gasteiger partial charge in [0.2, 0.25) is 12.7 Å². The average Bonchev–Trinajstić information content (AvgIpc) is 2.94. The predicted molar refractivity (Wildman–Crippen MR) is 76.7 cm³/mol. The predicted octanol–water partition coefficient (Wildman–Crippen LogP) is 1.33. The van der Waals surface area contributed by atoms with Gasteiger partial charge in [0.05, 0.1) is 12.0 Å². The highest BCUT2D eigenvalue weighted by atomic mass is 16.7. The molecule has 1 unspecified atom stereocenters. The molecule has 7 heteroatoms. The van der Waals surface area contributed by atoms with Crippen LogP contribution in [0, 0.1) is 0 Å². The summed E-state index contributed by atoms with van der Waals surface area (Å²) in [5.74, 6) is -0.0467. The Morgan fingerprint density at radius 3 is 2.91 bits per heavy atom. The molecule has 1 aromatic carbocycles. The van der Waals surface area contributed by atoms with Crippen molar-refractivity contribution in [1.29, 1.82) is 0 Å². The third-order valence-corrected chi connectivity index (χ3v) is 3.39. The lowest BCUT2D eigenvalue weighted by Gasteiger charge is -2.21. The first-order valence-corrected chi connectivity index (χ1v) is 7.01. The molecule has 0 saturated heterocycles. The minimum Gasteiger partial charge on any atom is -0.458 e. The third-order valence-electron chi connectivity index (χ3n) is 3.39. The van der Waals surface area contributed by atoms with E-state index in [1.165, 1.54) is 0 Å². The van der Waals surface area contributed by atoms with Crippen molar-refractivity contribution >= 4 is 17.6 Å². The number of fused-ring (bicyclic) bond motifs is 1. The molecular weight excluding hydrogens is 288 g/mol. The lowest BCUT2D eigenvalue weighted by molar-refractivity contribution is -0.139. The first-order valence-electron chi connectivity index (χ1n) is 7.01. The molecule has 1 atom stereocenters. The minimum absolute atomic E-state index is 0.170. The molecule has 0 aliphatic carbocycles. The molecule has 0 fully saturated rings. The van der Waals surface area contributed by atoms with Gasteiger partial charge >= 0.3 is 5.97 Å². The molecular formula is C15H16N2O5. The average molecular weight is 304 g/mol. The van der Waals surface area contributed by atoms with Crippen molar-refractivity contribution in [2.45, 2.75) is 32.3 Å². The molecule has 1 N–H and O–H groups in total. The Labute approximate surface area is 127 Å². The van der Waals surface area contributed by atoms with E-state index in [9.17, 15) is 9.59 Å². The van der Waals surface area contributed by atoms with Crippen LogP contribution in [-0.4, -0.2) is 30.5 Å². The van der Waals surface area contributed by atoms with Gasteiger partial charge in [0.15, 0.2) is 11.5 Å². The van der Waals surface area contributed by atoms with Crippen molar-refractivity contribution in [3.05, 3.63) is 23.8 Å². The van der Waals surface area contributed by atoms with Gasteiger partial charge in [0.25, 0.3) is 0 Å². The summed E-state index contributed by atoms with van der Waals surface area (Å²) < 4.78 is 15.7. The number of esters is 1. The van der Waals surface area contributed by atoms with E-state index in [2.05, 4.69) is 10.5 Å². The Hall–Kier alpha value is -2.57. The fraction of sp³-hybridized carbons (Fsp3) is 0.400. The molecule has 7 nitrogen and oxygen atoms in total. The minimum atomic E-state index is -0.513. The molecule has 116 valence electrons. The second-order valence-electron chi connectivity index (χ2n) is 5.36. The summed E-state index contributed by atoms with van der Waals surface area (Å²) in [7, 11) is 0. The van der Waals surface area contributed by atoms with Gasteiger partial charge in [0.1, 0.15) is 5.71 Å². The number of hydrogen-bond donors (Lipinski definition) is 1. The van der Waals surface area contributed by atoms with Crippen LogP contribution >= 0.6 is 0 Å². The van der Waals surface area contributed by atoms with Crippen LogP contribution in [0.3, 0.4) is 0 Å². The Morgan fingerprint density at radius 2 is 2.14 bits per heavy atom. The van der Waals surface area contributed by atoms with E-state index >= 15 is 0 Å². The second kappa shape index (κ2) is 5.67. The third kappa shape index (κ3) is 2.74. The number of nitrogens with one attached hydrogen (secondary N) is 1. The largest absolute Gasteiger partial charge is 0.458 e. The highest BCUT2D eigenvalue weighted by molar-refractivity contribution is 6.37. The van der Waals surface area contributed by atoms with Crippen LogP contribution in [0.2, 0.25) is 0 Å². The maximum atomic E-state index is 12.0. The van der Waals surface area contributed by atoms with E-state index in [-0.39, 0.29) is 30.9 Å². The van der Waals surface area contributed by atoms with Gasteiger partial charge in [-0.3, -0.25) is 4.79 Å². The zero-order chi connectivity index (χ0) is 15.7. The molecule has 1 amide bonds. The number of amides is 1. The van der Waals surface area contributed by atoms with Crippen molar-refractivity contribution in [2.24, 2.45) is 5.10 Å². The highest BCUT2D eigenvalue weighted by Gasteiger charge is 2.31. The number of nitrogens with zero attached hydrogens (tertiary/aromatic N) is 1. The van der Waals surface area contributed by atoms with Crippen molar-refractivity contribution in [3.8, 4) is 11.5 Å². The Balaban J connectivity index is 1.81. The lowest BCUT2D eigenvalue weighted by Crippen LogP contribution is -2.37. The molecule has 0 aromatic heterocycles. The van der Waals surface area contributed by atoms with E-state index in [1.807, 2.05) is 0 Å². The smallest absolute Gasteiger partial charge is 0.354 e. The van der Waals surface area contributed by atoms with Crippen molar-refractivity contribution in [1.82, 2.24) is 5.43 Å². The Kier molecular flexibility index (Phi) is 3.70. The number of carbonyl (C=O) groups is 2. The van der Waals surface area contributed by atoms with Crippen LogP contribution in [0.25, 0.3) is 0 Å². The number of rotatable bonds is 3. The summed E-state index contributed by atoms with van der Waals surface area (Å²) in [6.07, 6.45) is -0.0476. The topological polar surface area (TPSA) is 86.2 Å². The monoisotopic (exact) mass is 304 g/mol. The van der Waals surface area contributed by atoms with Crippen LogP contribution in [-0.2, 0) is 14.3 Å². The van der Waals surface area contributed by atoms with Crippen LogP contribution in [0.15, 0.2) is 23.3 Å². The van der Waals surface area contributed by atoms with Gasteiger partial charge in [-0.25, -0.2) is 10.2 Å². The van der Waals surface area contributed by atoms with Gasteiger partial charge in [-0.2, -0.15) is 5.10 Å². The van der Waals surface area contributed by atoms with Crippen molar-refractivity contribution in [3.63, 3.8) is 0 Å². The Morgan fingerprint density at radius 1 is 1.36 bits per heavy atom. The van der Waals surface area contributed by atoms with E-state index in [0.29, 0.717) is 11.5 Å². The molecule has 2 aliphatic heterocycles. The quantitative estimate of drug-likeness (QED) is 0.851. The number of hydrogen-bond acceptors (Lipinski definition) is 6. The van der Waals surface area contributed by atoms with Gasteiger partial charge in [0, 0.05) is 6.42 Å². The molecule has 0 spiro atoms. The summed E-state index contributed by atoms with van der Waals surface area (Å²) in [5.41, 5.74) is 3.33. The van der Waals surface area contributed by atoms with E-state index in [4.69, 9.17) is 14.2 Å². The first-order chi connectivity index (χ1) is 10.5. The first kappa shape index (κ1) is 14.4. The van der Waals surface area contributed by atoms with Crippen LogP contribution in [0.1, 0.15) is 31.7 Å². The SMILES string of the molecule is CC(C)OC(=O)C1=NNC(=O)C(c2ccc3c(c2)OCO3)C1. The van der Waals surface area contributed by atoms with Crippen molar-refractivity contribution < 1.29 is 23.8 Å². The molecule has 1 aromatic rings. The molecule has 0 radical (unpaired) electrons. The van der Waals surface area contributed by atoms with Crippen LogP contribution < -0.4 is 14.9 Å². The number of carbonyl (C=O) groups excluding carboxylic acids is 2. The summed E-state index contributed by atoms with van der Waals surface area (Å²) in [5, 5.41) is 3.80. The van der Waals surface area contributed by atoms with Crippen molar-refractivity contribution in [2.75, 3.05) is 6.79 Å². The lowest BCUT2D eigenvalue weighted by atomic mass is 9.91. The van der Waals surface area contributed by atoms with Gasteiger partial charge in [-0.1, -0.05) is 6.07 Å². The van der Waals surface area contributed by atoms with E-state index in [0.717, 1.165) is 5.56 Å². The van der Waals surface area contributed by atoms with Gasteiger partial charge < -0.3 is 14.2 Å². The maximum absolute atomic E-state index is 12.0. The molecule has 3 rings (SSSR count). The normalized spacial score (nSPS) is 19.7. The summed E-state index contributed by atoms with van der Waals surface area (Å²) in [6.45, 7) is 3.69.